The van der Waals surface area contributed by atoms with Crippen molar-refractivity contribution < 1.29 is 14.7 Å². The molecule has 0 radical (unpaired) electrons. The van der Waals surface area contributed by atoms with Crippen LogP contribution < -0.4 is 5.32 Å². The number of nitrogens with one attached hydrogen (secondary N) is 1. The minimum absolute atomic E-state index is 0.0549. The molecule has 1 aliphatic heterocycles. The van der Waals surface area contributed by atoms with E-state index < -0.39 is 5.97 Å². The molecule has 5 heteroatoms. The van der Waals surface area contributed by atoms with Crippen molar-refractivity contribution in [3.8, 4) is 0 Å². The molecule has 2 aromatic carbocycles. The summed E-state index contributed by atoms with van der Waals surface area (Å²) in [6.45, 7) is 1.18. The largest absolute Gasteiger partial charge is 0.478 e. The third kappa shape index (κ3) is 4.38. The third-order valence-corrected chi connectivity index (χ3v) is 4.60. The molecule has 0 spiro atoms. The van der Waals surface area contributed by atoms with Gasteiger partial charge in [0.1, 0.15) is 0 Å². The Kier molecular flexibility index (Phi) is 5.33. The van der Waals surface area contributed by atoms with E-state index in [4.69, 9.17) is 5.11 Å². The Labute approximate surface area is 147 Å². The molecular formula is C20H22N2O3. The minimum Gasteiger partial charge on any atom is -0.478 e. The van der Waals surface area contributed by atoms with Crippen LogP contribution in [0.15, 0.2) is 54.6 Å². The molecular weight excluding hydrogens is 316 g/mol. The Morgan fingerprint density at radius 1 is 1.04 bits per heavy atom. The fourth-order valence-corrected chi connectivity index (χ4v) is 3.25. The number of likely N-dealkylation sites (tertiary alicyclic amines) is 1. The number of urea groups is 1. The third-order valence-electron chi connectivity index (χ3n) is 4.60. The van der Waals surface area contributed by atoms with Crippen LogP contribution in [-0.4, -0.2) is 34.6 Å². The SMILES string of the molecule is O=C(O)c1ccc(CNC(=O)N2CCCC2Cc2ccccc2)cc1. The van der Waals surface area contributed by atoms with Gasteiger partial charge >= 0.3 is 12.0 Å². The van der Waals surface area contributed by atoms with Crippen molar-refractivity contribution >= 4 is 12.0 Å². The number of hydrogen-bond donors (Lipinski definition) is 2. The number of rotatable bonds is 5. The van der Waals surface area contributed by atoms with Gasteiger partial charge in [-0.25, -0.2) is 9.59 Å². The molecule has 130 valence electrons. The summed E-state index contributed by atoms with van der Waals surface area (Å²) < 4.78 is 0. The topological polar surface area (TPSA) is 69.6 Å². The average Bonchev–Trinajstić information content (AvgIpc) is 3.09. The molecule has 3 rings (SSSR count). The molecule has 1 saturated heterocycles. The van der Waals surface area contributed by atoms with Crippen molar-refractivity contribution in [2.75, 3.05) is 6.54 Å². The van der Waals surface area contributed by atoms with Crippen LogP contribution in [0, 0.1) is 0 Å². The van der Waals surface area contributed by atoms with Gasteiger partial charge in [0.15, 0.2) is 0 Å². The van der Waals surface area contributed by atoms with Crippen LogP contribution in [0.3, 0.4) is 0 Å². The van der Waals surface area contributed by atoms with Gasteiger partial charge in [0.2, 0.25) is 0 Å². The first kappa shape index (κ1) is 17.0. The summed E-state index contributed by atoms with van der Waals surface area (Å²) in [6.07, 6.45) is 2.93. The minimum atomic E-state index is -0.948. The highest BCUT2D eigenvalue weighted by molar-refractivity contribution is 5.87. The fourth-order valence-electron chi connectivity index (χ4n) is 3.25. The standard InChI is InChI=1S/C20H22N2O3/c23-19(24)17-10-8-16(9-11-17)14-21-20(25)22-12-4-7-18(22)13-15-5-2-1-3-6-15/h1-3,5-6,8-11,18H,4,7,12-14H2,(H,21,25)(H,23,24). The summed E-state index contributed by atoms with van der Waals surface area (Å²) in [7, 11) is 0. The predicted molar refractivity (Wildman–Crippen MR) is 95.5 cm³/mol. The Hall–Kier alpha value is -2.82. The molecule has 2 N–H and O–H groups in total. The lowest BCUT2D eigenvalue weighted by Gasteiger charge is -2.25. The Morgan fingerprint density at radius 2 is 1.76 bits per heavy atom. The van der Waals surface area contributed by atoms with Gasteiger partial charge in [-0.05, 0) is 42.5 Å². The maximum Gasteiger partial charge on any atom is 0.335 e. The van der Waals surface area contributed by atoms with E-state index in [1.807, 2.05) is 23.1 Å². The molecule has 5 nitrogen and oxygen atoms in total. The summed E-state index contributed by atoms with van der Waals surface area (Å²) in [4.78, 5) is 25.3. The van der Waals surface area contributed by atoms with Gasteiger partial charge in [-0.1, -0.05) is 42.5 Å². The first-order valence-corrected chi connectivity index (χ1v) is 8.54. The van der Waals surface area contributed by atoms with Crippen molar-refractivity contribution in [3.05, 3.63) is 71.3 Å². The maximum absolute atomic E-state index is 12.5. The smallest absolute Gasteiger partial charge is 0.335 e. The van der Waals surface area contributed by atoms with Crippen molar-refractivity contribution in [1.29, 1.82) is 0 Å². The molecule has 0 aliphatic carbocycles. The number of amides is 2. The molecule has 1 atom stereocenters. The second-order valence-corrected chi connectivity index (χ2v) is 6.34. The van der Waals surface area contributed by atoms with Gasteiger partial charge in [0.05, 0.1) is 5.56 Å². The van der Waals surface area contributed by atoms with Crippen molar-refractivity contribution in [2.45, 2.75) is 31.8 Å². The van der Waals surface area contributed by atoms with Crippen LogP contribution >= 0.6 is 0 Å². The van der Waals surface area contributed by atoms with Crippen LogP contribution in [0.2, 0.25) is 0 Å². The number of carboxylic acid groups (broad SMARTS) is 1. The highest BCUT2D eigenvalue weighted by Crippen LogP contribution is 2.21. The summed E-state index contributed by atoms with van der Waals surface area (Å²) in [5.41, 5.74) is 2.38. The summed E-state index contributed by atoms with van der Waals surface area (Å²) in [6, 6.07) is 17.0. The molecule has 1 fully saturated rings. The zero-order valence-electron chi connectivity index (χ0n) is 14.0. The molecule has 2 aromatic rings. The number of carbonyl (C=O) groups is 2. The first-order valence-electron chi connectivity index (χ1n) is 8.54. The number of benzene rings is 2. The first-order chi connectivity index (χ1) is 12.1. The normalized spacial score (nSPS) is 16.6. The molecule has 1 heterocycles. The zero-order chi connectivity index (χ0) is 17.6. The lowest BCUT2D eigenvalue weighted by molar-refractivity contribution is 0.0697. The number of carboxylic acids is 1. The van der Waals surface area contributed by atoms with Gasteiger partial charge < -0.3 is 15.3 Å². The van der Waals surface area contributed by atoms with Crippen LogP contribution in [0.25, 0.3) is 0 Å². The van der Waals surface area contributed by atoms with E-state index in [9.17, 15) is 9.59 Å². The van der Waals surface area contributed by atoms with Crippen LogP contribution in [0.5, 0.6) is 0 Å². The maximum atomic E-state index is 12.5. The summed E-state index contributed by atoms with van der Waals surface area (Å²) >= 11 is 0. The fraction of sp³-hybridized carbons (Fsp3) is 0.300. The lowest BCUT2D eigenvalue weighted by Crippen LogP contribution is -2.43. The molecule has 0 aromatic heterocycles. The molecule has 0 saturated carbocycles. The van der Waals surface area contributed by atoms with Crippen molar-refractivity contribution in [3.63, 3.8) is 0 Å². The van der Waals surface area contributed by atoms with E-state index in [1.54, 1.807) is 24.3 Å². The van der Waals surface area contributed by atoms with Crippen molar-refractivity contribution in [2.24, 2.45) is 0 Å². The highest BCUT2D eigenvalue weighted by atomic mass is 16.4. The monoisotopic (exact) mass is 338 g/mol. The Balaban J connectivity index is 1.55. The van der Waals surface area contributed by atoms with E-state index in [1.165, 1.54) is 5.56 Å². The van der Waals surface area contributed by atoms with Crippen LogP contribution in [-0.2, 0) is 13.0 Å². The van der Waals surface area contributed by atoms with E-state index in [0.29, 0.717) is 6.54 Å². The number of hydrogen-bond acceptors (Lipinski definition) is 2. The van der Waals surface area contributed by atoms with Gasteiger partial charge in [-0.2, -0.15) is 0 Å². The zero-order valence-corrected chi connectivity index (χ0v) is 14.0. The number of aromatic carboxylic acids is 1. The molecule has 0 bridgehead atoms. The van der Waals surface area contributed by atoms with Crippen LogP contribution in [0.4, 0.5) is 4.79 Å². The molecule has 2 amide bonds. The van der Waals surface area contributed by atoms with Gasteiger partial charge in [-0.3, -0.25) is 0 Å². The van der Waals surface area contributed by atoms with E-state index >= 15 is 0 Å². The average molecular weight is 338 g/mol. The lowest BCUT2D eigenvalue weighted by atomic mass is 10.0. The second kappa shape index (κ2) is 7.83. The summed E-state index contributed by atoms with van der Waals surface area (Å²) in [5, 5.41) is 11.9. The van der Waals surface area contributed by atoms with E-state index in [-0.39, 0.29) is 17.6 Å². The summed E-state index contributed by atoms with van der Waals surface area (Å²) in [5.74, 6) is -0.948. The van der Waals surface area contributed by atoms with Crippen molar-refractivity contribution in [1.82, 2.24) is 10.2 Å². The Bertz CT molecular complexity index is 728. The molecule has 1 aliphatic rings. The van der Waals surface area contributed by atoms with E-state index in [2.05, 4.69) is 17.4 Å². The molecule has 25 heavy (non-hydrogen) atoms. The number of nitrogens with zero attached hydrogens (tertiary/aromatic N) is 1. The van der Waals surface area contributed by atoms with Gasteiger partial charge in [-0.15, -0.1) is 0 Å². The quantitative estimate of drug-likeness (QED) is 0.879. The van der Waals surface area contributed by atoms with Gasteiger partial charge in [0, 0.05) is 19.1 Å². The predicted octanol–water partition coefficient (Wildman–Crippen LogP) is 3.30. The Morgan fingerprint density at radius 3 is 2.44 bits per heavy atom. The van der Waals surface area contributed by atoms with E-state index in [0.717, 1.165) is 31.4 Å². The number of carbonyl (C=O) groups excluding carboxylic acids is 1. The highest BCUT2D eigenvalue weighted by Gasteiger charge is 2.28. The van der Waals surface area contributed by atoms with Crippen LogP contribution in [0.1, 0.15) is 34.3 Å². The molecule has 1 unspecified atom stereocenters. The van der Waals surface area contributed by atoms with Gasteiger partial charge in [0.25, 0.3) is 0 Å². The second-order valence-electron chi connectivity index (χ2n) is 6.34.